The van der Waals surface area contributed by atoms with Crippen LogP contribution in [0, 0.1) is 0 Å². The molecule has 1 aliphatic rings. The van der Waals surface area contributed by atoms with Crippen molar-refractivity contribution in [2.24, 2.45) is 0 Å². The molecule has 1 saturated heterocycles. The van der Waals surface area contributed by atoms with Crippen LogP contribution in [0.15, 0.2) is 0 Å². The highest BCUT2D eigenvalue weighted by molar-refractivity contribution is 5.84. The largest absolute Gasteiger partial charge is 0.467 e. The zero-order chi connectivity index (χ0) is 14.4. The monoisotopic (exact) mass is 271 g/mol. The number of esters is 1. The van der Waals surface area contributed by atoms with Crippen LogP contribution in [0.25, 0.3) is 0 Å². The lowest BCUT2D eigenvalue weighted by atomic mass is 10.1. The first-order valence-electron chi connectivity index (χ1n) is 6.36. The standard InChI is InChI=1S/C12H21N3O4/c1-4-10-11(17)13-5-6-15(10)7-9(12(18)19-3)14-8(2)16/h9-10H,4-7H2,1-3H3,(H,13,17)(H,14,16). The maximum absolute atomic E-state index is 11.7. The SMILES string of the molecule is CCC1C(=O)NCCN1CC(NC(C)=O)C(=O)OC. The molecule has 2 atom stereocenters. The molecule has 0 spiro atoms. The van der Waals surface area contributed by atoms with E-state index in [9.17, 15) is 14.4 Å². The Morgan fingerprint density at radius 1 is 1.58 bits per heavy atom. The van der Waals surface area contributed by atoms with Crippen LogP contribution in [0.1, 0.15) is 20.3 Å². The Labute approximate surface area is 112 Å². The van der Waals surface area contributed by atoms with Gasteiger partial charge in [0.05, 0.1) is 13.2 Å². The summed E-state index contributed by atoms with van der Waals surface area (Å²) in [5.74, 6) is -0.846. The molecular formula is C12H21N3O4. The molecule has 0 aromatic heterocycles. The van der Waals surface area contributed by atoms with Gasteiger partial charge in [0.1, 0.15) is 6.04 Å². The summed E-state index contributed by atoms with van der Waals surface area (Å²) >= 11 is 0. The molecule has 1 rings (SSSR count). The number of ether oxygens (including phenoxy) is 1. The van der Waals surface area contributed by atoms with E-state index in [0.717, 1.165) is 0 Å². The molecule has 0 aromatic rings. The molecule has 108 valence electrons. The molecular weight excluding hydrogens is 250 g/mol. The molecule has 0 radical (unpaired) electrons. The predicted molar refractivity (Wildman–Crippen MR) is 68.3 cm³/mol. The molecule has 0 saturated carbocycles. The number of amides is 2. The molecule has 7 nitrogen and oxygen atoms in total. The molecule has 2 unspecified atom stereocenters. The Hall–Kier alpha value is -1.63. The Kier molecular flexibility index (Phi) is 5.75. The fourth-order valence-corrected chi connectivity index (χ4v) is 2.23. The van der Waals surface area contributed by atoms with Crippen molar-refractivity contribution >= 4 is 17.8 Å². The van der Waals surface area contributed by atoms with Crippen molar-refractivity contribution in [2.75, 3.05) is 26.7 Å². The summed E-state index contributed by atoms with van der Waals surface area (Å²) in [7, 11) is 1.28. The van der Waals surface area contributed by atoms with Gasteiger partial charge in [-0.15, -0.1) is 0 Å². The van der Waals surface area contributed by atoms with Gasteiger partial charge < -0.3 is 15.4 Å². The molecule has 0 aliphatic carbocycles. The van der Waals surface area contributed by atoms with E-state index >= 15 is 0 Å². The molecule has 1 fully saturated rings. The van der Waals surface area contributed by atoms with Gasteiger partial charge in [-0.2, -0.15) is 0 Å². The van der Waals surface area contributed by atoms with Crippen molar-refractivity contribution in [3.8, 4) is 0 Å². The van der Waals surface area contributed by atoms with Crippen molar-refractivity contribution in [1.82, 2.24) is 15.5 Å². The number of carbonyl (C=O) groups is 3. The predicted octanol–water partition coefficient (Wildman–Crippen LogP) is -1.13. The van der Waals surface area contributed by atoms with Gasteiger partial charge in [-0.1, -0.05) is 6.92 Å². The van der Waals surface area contributed by atoms with E-state index in [1.54, 1.807) is 0 Å². The number of hydrogen-bond acceptors (Lipinski definition) is 5. The normalized spacial score (nSPS) is 21.4. The van der Waals surface area contributed by atoms with Crippen LogP contribution in [-0.4, -0.2) is 61.5 Å². The maximum Gasteiger partial charge on any atom is 0.329 e. The summed E-state index contributed by atoms with van der Waals surface area (Å²) in [6.45, 7) is 4.73. The Morgan fingerprint density at radius 3 is 2.79 bits per heavy atom. The number of nitrogens with one attached hydrogen (secondary N) is 2. The first-order chi connectivity index (χ1) is 8.99. The van der Waals surface area contributed by atoms with Crippen LogP contribution in [0.4, 0.5) is 0 Å². The molecule has 1 aliphatic heterocycles. The molecule has 7 heteroatoms. The fourth-order valence-electron chi connectivity index (χ4n) is 2.23. The molecule has 0 bridgehead atoms. The van der Waals surface area contributed by atoms with Crippen LogP contribution in [0.2, 0.25) is 0 Å². The third-order valence-corrected chi connectivity index (χ3v) is 3.11. The summed E-state index contributed by atoms with van der Waals surface area (Å²) in [5.41, 5.74) is 0. The van der Waals surface area contributed by atoms with Gasteiger partial charge in [-0.25, -0.2) is 4.79 Å². The van der Waals surface area contributed by atoms with E-state index in [1.165, 1.54) is 14.0 Å². The van der Waals surface area contributed by atoms with Crippen molar-refractivity contribution in [3.05, 3.63) is 0 Å². The number of methoxy groups -OCH3 is 1. The minimum Gasteiger partial charge on any atom is -0.467 e. The van der Waals surface area contributed by atoms with E-state index in [-0.39, 0.29) is 24.4 Å². The molecule has 2 N–H and O–H groups in total. The Bertz CT molecular complexity index is 359. The number of nitrogens with zero attached hydrogens (tertiary/aromatic N) is 1. The number of hydrogen-bond donors (Lipinski definition) is 2. The Balaban J connectivity index is 2.73. The number of rotatable bonds is 5. The number of carbonyl (C=O) groups excluding carboxylic acids is 3. The fraction of sp³-hybridized carbons (Fsp3) is 0.750. The van der Waals surface area contributed by atoms with Crippen molar-refractivity contribution in [2.45, 2.75) is 32.4 Å². The summed E-state index contributed by atoms with van der Waals surface area (Å²) in [4.78, 5) is 36.4. The van der Waals surface area contributed by atoms with Crippen LogP contribution in [0.5, 0.6) is 0 Å². The third kappa shape index (κ3) is 4.20. The van der Waals surface area contributed by atoms with Gasteiger partial charge in [0.25, 0.3) is 0 Å². The van der Waals surface area contributed by atoms with Gasteiger partial charge in [-0.3, -0.25) is 14.5 Å². The molecule has 1 heterocycles. The topological polar surface area (TPSA) is 87.7 Å². The molecule has 19 heavy (non-hydrogen) atoms. The third-order valence-electron chi connectivity index (χ3n) is 3.11. The summed E-state index contributed by atoms with van der Waals surface area (Å²) in [6, 6.07) is -1.02. The lowest BCUT2D eigenvalue weighted by molar-refractivity contribution is -0.146. The van der Waals surface area contributed by atoms with E-state index < -0.39 is 12.0 Å². The second-order valence-corrected chi connectivity index (χ2v) is 4.49. The quantitative estimate of drug-likeness (QED) is 0.618. The first-order valence-corrected chi connectivity index (χ1v) is 6.36. The van der Waals surface area contributed by atoms with E-state index in [2.05, 4.69) is 15.4 Å². The Morgan fingerprint density at radius 2 is 2.26 bits per heavy atom. The van der Waals surface area contributed by atoms with Crippen molar-refractivity contribution in [3.63, 3.8) is 0 Å². The summed E-state index contributed by atoms with van der Waals surface area (Å²) in [5, 5.41) is 5.34. The van der Waals surface area contributed by atoms with Gasteiger partial charge in [0.2, 0.25) is 11.8 Å². The van der Waals surface area contributed by atoms with Gasteiger partial charge >= 0.3 is 5.97 Å². The average molecular weight is 271 g/mol. The zero-order valence-corrected chi connectivity index (χ0v) is 11.6. The molecule has 2 amide bonds. The average Bonchev–Trinajstić information content (AvgIpc) is 2.36. The van der Waals surface area contributed by atoms with Gasteiger partial charge in [0.15, 0.2) is 0 Å². The van der Waals surface area contributed by atoms with E-state index in [4.69, 9.17) is 0 Å². The van der Waals surface area contributed by atoms with E-state index in [1.807, 2.05) is 11.8 Å². The zero-order valence-electron chi connectivity index (χ0n) is 11.6. The highest BCUT2D eigenvalue weighted by atomic mass is 16.5. The van der Waals surface area contributed by atoms with Crippen LogP contribution in [0.3, 0.4) is 0 Å². The highest BCUT2D eigenvalue weighted by Gasteiger charge is 2.32. The first kappa shape index (κ1) is 15.4. The minimum absolute atomic E-state index is 0.0415. The lowest BCUT2D eigenvalue weighted by Gasteiger charge is -2.36. The smallest absolute Gasteiger partial charge is 0.329 e. The lowest BCUT2D eigenvalue weighted by Crippen LogP contribution is -2.59. The van der Waals surface area contributed by atoms with Crippen molar-refractivity contribution < 1.29 is 19.1 Å². The second-order valence-electron chi connectivity index (χ2n) is 4.49. The summed E-state index contributed by atoms with van der Waals surface area (Å²) in [6.07, 6.45) is 0.653. The van der Waals surface area contributed by atoms with Crippen LogP contribution in [-0.2, 0) is 19.1 Å². The van der Waals surface area contributed by atoms with Gasteiger partial charge in [-0.05, 0) is 6.42 Å². The minimum atomic E-state index is -0.748. The number of piperazine rings is 1. The summed E-state index contributed by atoms with van der Waals surface area (Å²) < 4.78 is 4.67. The van der Waals surface area contributed by atoms with Crippen molar-refractivity contribution in [1.29, 1.82) is 0 Å². The van der Waals surface area contributed by atoms with Crippen LogP contribution < -0.4 is 10.6 Å². The molecule has 0 aromatic carbocycles. The van der Waals surface area contributed by atoms with Gasteiger partial charge in [0, 0.05) is 26.6 Å². The maximum atomic E-state index is 11.7. The van der Waals surface area contributed by atoms with E-state index in [0.29, 0.717) is 19.5 Å². The highest BCUT2D eigenvalue weighted by Crippen LogP contribution is 2.09. The van der Waals surface area contributed by atoms with Crippen LogP contribution >= 0.6 is 0 Å². The second kappa shape index (κ2) is 7.08.